The summed E-state index contributed by atoms with van der Waals surface area (Å²) in [6, 6.07) is 0. The topological polar surface area (TPSA) is 180 Å². The molecule has 0 saturated carbocycles. The van der Waals surface area contributed by atoms with Crippen LogP contribution in [0.1, 0.15) is 0 Å². The molecular formula is C10H8N9O4P. The zero-order valence-electron chi connectivity index (χ0n) is 11.6. The van der Waals surface area contributed by atoms with Crippen molar-refractivity contribution in [2.75, 3.05) is 5.73 Å². The van der Waals surface area contributed by atoms with Crippen LogP contribution in [0.2, 0.25) is 0 Å². The van der Waals surface area contributed by atoms with Gasteiger partial charge in [-0.05, 0) is 0 Å². The summed E-state index contributed by atoms with van der Waals surface area (Å²) >= 11 is 0. The van der Waals surface area contributed by atoms with Gasteiger partial charge in [0.15, 0.2) is 16.8 Å². The second-order valence-electron chi connectivity index (χ2n) is 4.59. The minimum Gasteiger partial charge on any atom is -0.369 e. The second-order valence-corrected chi connectivity index (χ2v) is 6.16. The van der Waals surface area contributed by atoms with E-state index in [1.165, 1.54) is 12.5 Å². The highest BCUT2D eigenvalue weighted by molar-refractivity contribution is 7.51. The molecule has 122 valence electrons. The molecule has 4 aromatic rings. The lowest BCUT2D eigenvalue weighted by Gasteiger charge is -2.13. The van der Waals surface area contributed by atoms with Gasteiger partial charge in [0.05, 0.1) is 6.20 Å². The standard InChI is InChI=1S/C10H8N9O4P/c11-10-16-8-6(9(20)17-10)15-4-19(8)24(21,22)23-18-3-14-5-1-12-2-13-7(5)18/h1-4H,(H,21,22)(H3,11,16,17,20). The maximum Gasteiger partial charge on any atom is 0.511 e. The first-order valence-electron chi connectivity index (χ1n) is 6.35. The van der Waals surface area contributed by atoms with Crippen LogP contribution < -0.4 is 15.9 Å². The number of hydrogen-bond acceptors (Lipinski definition) is 9. The summed E-state index contributed by atoms with van der Waals surface area (Å²) in [5.74, 6) is -0.227. The number of hydrogen-bond donors (Lipinski definition) is 3. The smallest absolute Gasteiger partial charge is 0.369 e. The van der Waals surface area contributed by atoms with E-state index in [0.29, 0.717) is 5.52 Å². The Hall–Kier alpha value is -3.31. The predicted molar refractivity (Wildman–Crippen MR) is 79.7 cm³/mol. The third kappa shape index (κ3) is 2.11. The van der Waals surface area contributed by atoms with Crippen molar-refractivity contribution in [1.29, 1.82) is 0 Å². The average molecular weight is 349 g/mol. The van der Waals surface area contributed by atoms with Crippen LogP contribution in [-0.4, -0.2) is 43.9 Å². The van der Waals surface area contributed by atoms with Crippen molar-refractivity contribution in [3.63, 3.8) is 0 Å². The molecule has 0 bridgehead atoms. The Kier molecular flexibility index (Phi) is 2.88. The molecule has 0 saturated heterocycles. The van der Waals surface area contributed by atoms with Crippen molar-refractivity contribution in [1.82, 2.24) is 39.0 Å². The normalized spacial score (nSPS) is 14.0. The third-order valence-corrected chi connectivity index (χ3v) is 4.28. The first-order valence-corrected chi connectivity index (χ1v) is 7.88. The first-order chi connectivity index (χ1) is 11.5. The molecule has 4 aromatic heterocycles. The molecule has 1 unspecified atom stereocenters. The SMILES string of the molecule is Nc1nc2c(ncn2P(=O)(O)On2cnc3cncnc32)c(=O)[nH]1. The lowest BCUT2D eigenvalue weighted by atomic mass is 10.5. The average Bonchev–Trinajstić information content (AvgIpc) is 3.12. The maximum absolute atomic E-state index is 12.6. The number of fused-ring (bicyclic) bond motifs is 2. The van der Waals surface area contributed by atoms with Crippen LogP contribution in [0.15, 0.2) is 30.0 Å². The molecule has 14 heteroatoms. The highest BCUT2D eigenvalue weighted by Gasteiger charge is 2.30. The van der Waals surface area contributed by atoms with E-state index in [9.17, 15) is 14.3 Å². The number of nitrogens with two attached hydrogens (primary N) is 1. The van der Waals surface area contributed by atoms with Crippen LogP contribution >= 0.6 is 7.75 Å². The summed E-state index contributed by atoms with van der Waals surface area (Å²) in [5.41, 5.74) is 5.02. The zero-order valence-corrected chi connectivity index (χ0v) is 12.5. The number of aromatic amines is 1. The Morgan fingerprint density at radius 3 is 2.92 bits per heavy atom. The molecule has 0 aliphatic carbocycles. The molecule has 0 amide bonds. The number of aromatic nitrogens is 8. The van der Waals surface area contributed by atoms with Gasteiger partial charge in [-0.3, -0.25) is 14.7 Å². The Morgan fingerprint density at radius 1 is 1.25 bits per heavy atom. The summed E-state index contributed by atoms with van der Waals surface area (Å²) in [6.45, 7) is 0. The Bertz CT molecular complexity index is 1180. The second kappa shape index (κ2) is 4.84. The van der Waals surface area contributed by atoms with Crippen LogP contribution in [0.25, 0.3) is 22.3 Å². The minimum atomic E-state index is -4.53. The summed E-state index contributed by atoms with van der Waals surface area (Å²) in [6.07, 6.45) is 4.77. The highest BCUT2D eigenvalue weighted by Crippen LogP contribution is 2.42. The van der Waals surface area contributed by atoms with Gasteiger partial charge in [0.25, 0.3) is 5.56 Å². The molecule has 4 heterocycles. The van der Waals surface area contributed by atoms with Crippen LogP contribution in [-0.2, 0) is 4.57 Å². The molecule has 0 spiro atoms. The van der Waals surface area contributed by atoms with Gasteiger partial charge in [0.2, 0.25) is 5.95 Å². The lowest BCUT2D eigenvalue weighted by molar-refractivity contribution is 0.232. The van der Waals surface area contributed by atoms with E-state index in [1.54, 1.807) is 0 Å². The van der Waals surface area contributed by atoms with Gasteiger partial charge in [0.1, 0.15) is 24.5 Å². The van der Waals surface area contributed by atoms with Crippen LogP contribution in [0.3, 0.4) is 0 Å². The molecule has 0 radical (unpaired) electrons. The number of nitrogens with one attached hydrogen (secondary N) is 1. The predicted octanol–water partition coefficient (Wildman–Crippen LogP) is -1.08. The number of nitrogens with zero attached hydrogens (tertiary/aromatic N) is 7. The molecule has 4 rings (SSSR count). The summed E-state index contributed by atoms with van der Waals surface area (Å²) < 4.78 is 19.3. The molecular weight excluding hydrogens is 341 g/mol. The summed E-state index contributed by atoms with van der Waals surface area (Å²) in [4.78, 5) is 43.4. The fourth-order valence-electron chi connectivity index (χ4n) is 2.06. The van der Waals surface area contributed by atoms with Crippen molar-refractivity contribution in [3.8, 4) is 0 Å². The van der Waals surface area contributed by atoms with Gasteiger partial charge in [-0.25, -0.2) is 28.8 Å². The van der Waals surface area contributed by atoms with E-state index in [4.69, 9.17) is 10.4 Å². The minimum absolute atomic E-state index is 0.153. The van der Waals surface area contributed by atoms with Gasteiger partial charge in [-0.2, -0.15) is 4.98 Å². The zero-order chi connectivity index (χ0) is 16.9. The van der Waals surface area contributed by atoms with E-state index < -0.39 is 13.3 Å². The first kappa shape index (κ1) is 14.3. The number of nitrogen functional groups attached to an aromatic ring is 1. The fraction of sp³-hybridized carbons (Fsp3) is 0. The molecule has 0 fully saturated rings. The van der Waals surface area contributed by atoms with Crippen LogP contribution in [0.5, 0.6) is 0 Å². The Labute approximate surface area is 131 Å². The van der Waals surface area contributed by atoms with Gasteiger partial charge in [0, 0.05) is 0 Å². The van der Waals surface area contributed by atoms with E-state index in [-0.39, 0.29) is 22.8 Å². The highest BCUT2D eigenvalue weighted by atomic mass is 31.2. The molecule has 4 N–H and O–H groups in total. The third-order valence-electron chi connectivity index (χ3n) is 3.06. The van der Waals surface area contributed by atoms with E-state index in [0.717, 1.165) is 21.7 Å². The molecule has 0 aliphatic rings. The van der Waals surface area contributed by atoms with Gasteiger partial charge in [-0.1, -0.05) is 0 Å². The molecule has 24 heavy (non-hydrogen) atoms. The van der Waals surface area contributed by atoms with Crippen molar-refractivity contribution in [3.05, 3.63) is 35.5 Å². The van der Waals surface area contributed by atoms with Crippen LogP contribution in [0.4, 0.5) is 5.95 Å². The van der Waals surface area contributed by atoms with E-state index in [1.807, 2.05) is 0 Å². The molecule has 13 nitrogen and oxygen atoms in total. The number of imidazole rings is 2. The number of anilines is 1. The quantitative estimate of drug-likeness (QED) is 0.385. The fourth-order valence-corrected chi connectivity index (χ4v) is 3.05. The maximum atomic E-state index is 12.6. The van der Waals surface area contributed by atoms with Crippen molar-refractivity contribution < 1.29 is 14.1 Å². The number of rotatable bonds is 3. The molecule has 1 atom stereocenters. The van der Waals surface area contributed by atoms with Crippen molar-refractivity contribution in [2.45, 2.75) is 0 Å². The monoisotopic (exact) mass is 349 g/mol. The largest absolute Gasteiger partial charge is 0.511 e. The van der Waals surface area contributed by atoms with E-state index in [2.05, 4.69) is 29.9 Å². The lowest BCUT2D eigenvalue weighted by Crippen LogP contribution is -2.15. The van der Waals surface area contributed by atoms with Crippen molar-refractivity contribution >= 4 is 36.0 Å². The van der Waals surface area contributed by atoms with Crippen molar-refractivity contribution in [2.24, 2.45) is 0 Å². The Balaban J connectivity index is 1.83. The summed E-state index contributed by atoms with van der Waals surface area (Å²) in [7, 11) is -4.53. The van der Waals surface area contributed by atoms with Crippen LogP contribution in [0, 0.1) is 0 Å². The van der Waals surface area contributed by atoms with Gasteiger partial charge < -0.3 is 10.4 Å². The van der Waals surface area contributed by atoms with Gasteiger partial charge >= 0.3 is 7.75 Å². The summed E-state index contributed by atoms with van der Waals surface area (Å²) in [5, 5.41) is 0. The molecule has 0 aliphatic heterocycles. The van der Waals surface area contributed by atoms with Gasteiger partial charge in [-0.15, -0.1) is 4.73 Å². The number of H-pyrrole nitrogens is 1. The van der Waals surface area contributed by atoms with E-state index >= 15 is 0 Å². The Morgan fingerprint density at radius 2 is 2.08 bits per heavy atom. The molecule has 0 aromatic carbocycles.